The SMILES string of the molecule is COc1cccc(C(C)NC(=O)C(C)Cl)c1. The van der Waals surface area contributed by atoms with Crippen molar-refractivity contribution in [1.82, 2.24) is 5.32 Å². The summed E-state index contributed by atoms with van der Waals surface area (Å²) in [6, 6.07) is 7.50. The van der Waals surface area contributed by atoms with Crippen LogP contribution in [-0.4, -0.2) is 18.4 Å². The summed E-state index contributed by atoms with van der Waals surface area (Å²) in [5, 5.41) is 2.30. The quantitative estimate of drug-likeness (QED) is 0.823. The van der Waals surface area contributed by atoms with Crippen LogP contribution in [0.2, 0.25) is 0 Å². The normalized spacial score (nSPS) is 14.0. The number of ether oxygens (including phenoxy) is 1. The van der Waals surface area contributed by atoms with Gasteiger partial charge in [0.15, 0.2) is 0 Å². The lowest BCUT2D eigenvalue weighted by atomic mass is 10.1. The fraction of sp³-hybridized carbons (Fsp3) is 0.417. The minimum absolute atomic E-state index is 0.0798. The van der Waals surface area contributed by atoms with Gasteiger partial charge in [-0.3, -0.25) is 4.79 Å². The molecule has 1 aromatic rings. The number of methoxy groups -OCH3 is 1. The van der Waals surface area contributed by atoms with Crippen LogP contribution in [0.5, 0.6) is 5.75 Å². The molecule has 88 valence electrons. The zero-order valence-corrected chi connectivity index (χ0v) is 10.4. The van der Waals surface area contributed by atoms with Crippen LogP contribution in [0.1, 0.15) is 25.5 Å². The summed E-state index contributed by atoms with van der Waals surface area (Å²) in [6.07, 6.45) is 0. The molecule has 1 rings (SSSR count). The Bertz CT molecular complexity index is 366. The van der Waals surface area contributed by atoms with E-state index < -0.39 is 5.38 Å². The van der Waals surface area contributed by atoms with E-state index in [0.29, 0.717) is 0 Å². The highest BCUT2D eigenvalue weighted by Crippen LogP contribution is 2.18. The Morgan fingerprint density at radius 1 is 1.44 bits per heavy atom. The highest BCUT2D eigenvalue weighted by Gasteiger charge is 2.13. The van der Waals surface area contributed by atoms with E-state index in [9.17, 15) is 4.79 Å². The minimum Gasteiger partial charge on any atom is -0.497 e. The molecule has 16 heavy (non-hydrogen) atoms. The maximum atomic E-state index is 11.4. The lowest BCUT2D eigenvalue weighted by Gasteiger charge is -2.15. The Balaban J connectivity index is 2.72. The van der Waals surface area contributed by atoms with Crippen molar-refractivity contribution < 1.29 is 9.53 Å². The van der Waals surface area contributed by atoms with Gasteiger partial charge in [-0.25, -0.2) is 0 Å². The smallest absolute Gasteiger partial charge is 0.238 e. The Morgan fingerprint density at radius 3 is 2.69 bits per heavy atom. The molecule has 0 spiro atoms. The van der Waals surface area contributed by atoms with Gasteiger partial charge < -0.3 is 10.1 Å². The molecule has 0 radical (unpaired) electrons. The van der Waals surface area contributed by atoms with E-state index in [0.717, 1.165) is 11.3 Å². The van der Waals surface area contributed by atoms with Gasteiger partial charge in [0.2, 0.25) is 5.91 Å². The third-order valence-electron chi connectivity index (χ3n) is 2.31. The highest BCUT2D eigenvalue weighted by atomic mass is 35.5. The highest BCUT2D eigenvalue weighted by molar-refractivity contribution is 6.30. The molecule has 1 amide bonds. The number of halogens is 1. The van der Waals surface area contributed by atoms with Gasteiger partial charge in [-0.15, -0.1) is 11.6 Å². The summed E-state index contributed by atoms with van der Waals surface area (Å²) in [5.74, 6) is 0.606. The second kappa shape index (κ2) is 5.75. The molecule has 0 saturated carbocycles. The summed E-state index contributed by atoms with van der Waals surface area (Å²) >= 11 is 5.68. The number of carbonyl (C=O) groups is 1. The Kier molecular flexibility index (Phi) is 4.62. The standard InChI is InChI=1S/C12H16ClNO2/c1-8(13)12(15)14-9(2)10-5-4-6-11(7-10)16-3/h4-9H,1-3H3,(H,14,15). The average Bonchev–Trinajstić information content (AvgIpc) is 2.28. The fourth-order valence-electron chi connectivity index (χ4n) is 1.32. The van der Waals surface area contributed by atoms with Crippen molar-refractivity contribution in [3.8, 4) is 5.75 Å². The third kappa shape index (κ3) is 3.42. The summed E-state index contributed by atoms with van der Waals surface area (Å²) in [5.41, 5.74) is 0.991. The van der Waals surface area contributed by atoms with Crippen molar-refractivity contribution in [2.75, 3.05) is 7.11 Å². The molecule has 1 N–H and O–H groups in total. The van der Waals surface area contributed by atoms with E-state index in [1.54, 1.807) is 14.0 Å². The van der Waals surface area contributed by atoms with Crippen molar-refractivity contribution >= 4 is 17.5 Å². The number of rotatable bonds is 4. The molecule has 0 aromatic heterocycles. The van der Waals surface area contributed by atoms with Gasteiger partial charge in [-0.05, 0) is 31.5 Å². The van der Waals surface area contributed by atoms with Gasteiger partial charge in [-0.2, -0.15) is 0 Å². The summed E-state index contributed by atoms with van der Waals surface area (Å²) < 4.78 is 5.12. The molecule has 1 aromatic carbocycles. The molecule has 0 aliphatic carbocycles. The molecule has 0 bridgehead atoms. The number of amides is 1. The van der Waals surface area contributed by atoms with Crippen LogP contribution >= 0.6 is 11.6 Å². The fourth-order valence-corrected chi connectivity index (χ4v) is 1.39. The number of benzene rings is 1. The van der Waals surface area contributed by atoms with E-state index in [1.807, 2.05) is 31.2 Å². The maximum absolute atomic E-state index is 11.4. The molecule has 2 unspecified atom stereocenters. The van der Waals surface area contributed by atoms with Crippen molar-refractivity contribution in [3.63, 3.8) is 0 Å². The zero-order chi connectivity index (χ0) is 12.1. The molecule has 0 aliphatic rings. The summed E-state index contributed by atoms with van der Waals surface area (Å²) in [7, 11) is 1.61. The van der Waals surface area contributed by atoms with Crippen molar-refractivity contribution in [1.29, 1.82) is 0 Å². The largest absolute Gasteiger partial charge is 0.497 e. The molecule has 3 nitrogen and oxygen atoms in total. The van der Waals surface area contributed by atoms with Gasteiger partial charge in [0.25, 0.3) is 0 Å². The zero-order valence-electron chi connectivity index (χ0n) is 9.66. The summed E-state index contributed by atoms with van der Waals surface area (Å²) in [6.45, 7) is 3.56. The van der Waals surface area contributed by atoms with Gasteiger partial charge in [0.1, 0.15) is 11.1 Å². The Morgan fingerprint density at radius 2 is 2.12 bits per heavy atom. The molecule has 0 aliphatic heterocycles. The molecular formula is C12H16ClNO2. The Labute approximate surface area is 101 Å². The first-order valence-corrected chi connectivity index (χ1v) is 5.56. The number of hydrogen-bond donors (Lipinski definition) is 1. The van der Waals surface area contributed by atoms with E-state index in [2.05, 4.69) is 5.32 Å². The topological polar surface area (TPSA) is 38.3 Å². The van der Waals surface area contributed by atoms with Crippen LogP contribution in [0.3, 0.4) is 0 Å². The molecule has 0 saturated heterocycles. The second-order valence-corrected chi connectivity index (χ2v) is 4.28. The van der Waals surface area contributed by atoms with Gasteiger partial charge in [-0.1, -0.05) is 12.1 Å². The van der Waals surface area contributed by atoms with Crippen LogP contribution in [0.15, 0.2) is 24.3 Å². The van der Waals surface area contributed by atoms with E-state index in [1.165, 1.54) is 0 Å². The Hall–Kier alpha value is -1.22. The number of carbonyl (C=O) groups excluding carboxylic acids is 1. The van der Waals surface area contributed by atoms with Gasteiger partial charge >= 0.3 is 0 Å². The average molecular weight is 242 g/mol. The molecule has 2 atom stereocenters. The van der Waals surface area contributed by atoms with Gasteiger partial charge in [0.05, 0.1) is 13.2 Å². The van der Waals surface area contributed by atoms with Crippen molar-refractivity contribution in [2.24, 2.45) is 0 Å². The van der Waals surface area contributed by atoms with Crippen LogP contribution in [0.25, 0.3) is 0 Å². The molecule has 0 heterocycles. The predicted octanol–water partition coefficient (Wildman–Crippen LogP) is 2.50. The number of nitrogens with one attached hydrogen (secondary N) is 1. The predicted molar refractivity (Wildman–Crippen MR) is 64.9 cm³/mol. The van der Waals surface area contributed by atoms with Crippen LogP contribution < -0.4 is 10.1 Å². The van der Waals surface area contributed by atoms with Crippen molar-refractivity contribution in [2.45, 2.75) is 25.3 Å². The molecule has 0 fully saturated rings. The van der Waals surface area contributed by atoms with Crippen LogP contribution in [0, 0.1) is 0 Å². The number of alkyl halides is 1. The third-order valence-corrected chi connectivity index (χ3v) is 2.51. The van der Waals surface area contributed by atoms with Crippen LogP contribution in [-0.2, 0) is 4.79 Å². The van der Waals surface area contributed by atoms with E-state index >= 15 is 0 Å². The van der Waals surface area contributed by atoms with Gasteiger partial charge in [0, 0.05) is 0 Å². The maximum Gasteiger partial charge on any atom is 0.238 e. The number of hydrogen-bond acceptors (Lipinski definition) is 2. The van der Waals surface area contributed by atoms with Crippen LogP contribution in [0.4, 0.5) is 0 Å². The first-order chi connectivity index (χ1) is 7.54. The monoisotopic (exact) mass is 241 g/mol. The molecular weight excluding hydrogens is 226 g/mol. The first-order valence-electron chi connectivity index (χ1n) is 5.13. The first kappa shape index (κ1) is 12.8. The molecule has 4 heteroatoms. The lowest BCUT2D eigenvalue weighted by Crippen LogP contribution is -2.31. The van der Waals surface area contributed by atoms with Crippen molar-refractivity contribution in [3.05, 3.63) is 29.8 Å². The minimum atomic E-state index is -0.520. The lowest BCUT2D eigenvalue weighted by molar-refractivity contribution is -0.121. The second-order valence-electron chi connectivity index (χ2n) is 3.62. The van der Waals surface area contributed by atoms with E-state index in [4.69, 9.17) is 16.3 Å². The summed E-state index contributed by atoms with van der Waals surface area (Å²) in [4.78, 5) is 11.4. The van der Waals surface area contributed by atoms with E-state index in [-0.39, 0.29) is 11.9 Å².